The van der Waals surface area contributed by atoms with Gasteiger partial charge in [0.15, 0.2) is 0 Å². The second-order valence-electron chi connectivity index (χ2n) is 5.41. The molecule has 102 valence electrons. The maximum Gasteiger partial charge on any atom is 0.109 e. The second kappa shape index (κ2) is 6.51. The molecule has 1 saturated heterocycles. The van der Waals surface area contributed by atoms with Crippen LogP contribution < -0.4 is 5.32 Å². The maximum absolute atomic E-state index is 9.38. The fourth-order valence-electron chi connectivity index (χ4n) is 3.03. The van der Waals surface area contributed by atoms with Crippen LogP contribution >= 0.6 is 0 Å². The zero-order valence-electron chi connectivity index (χ0n) is 11.3. The summed E-state index contributed by atoms with van der Waals surface area (Å²) in [5, 5.41) is 12.7. The molecule has 0 amide bonds. The average molecular weight is 252 g/mol. The zero-order valence-corrected chi connectivity index (χ0v) is 11.3. The van der Waals surface area contributed by atoms with Crippen molar-refractivity contribution in [3.05, 3.63) is 0 Å². The minimum atomic E-state index is -0.367. The fraction of sp³-hybridized carbons (Fsp3) is 0.929. The fourth-order valence-corrected chi connectivity index (χ4v) is 3.03. The first-order valence-corrected chi connectivity index (χ1v) is 7.17. The van der Waals surface area contributed by atoms with E-state index in [9.17, 15) is 5.26 Å². The molecule has 4 nitrogen and oxygen atoms in total. The first-order chi connectivity index (χ1) is 8.78. The summed E-state index contributed by atoms with van der Waals surface area (Å²) in [7, 11) is 0. The monoisotopic (exact) mass is 252 g/mol. The molecule has 2 fully saturated rings. The van der Waals surface area contributed by atoms with E-state index in [1.54, 1.807) is 0 Å². The van der Waals surface area contributed by atoms with Gasteiger partial charge in [0.25, 0.3) is 0 Å². The summed E-state index contributed by atoms with van der Waals surface area (Å²) in [5.41, 5.74) is -0.367. The van der Waals surface area contributed by atoms with E-state index >= 15 is 0 Å². The Hall–Kier alpha value is -0.630. The van der Waals surface area contributed by atoms with Crippen LogP contribution in [-0.2, 0) is 9.47 Å². The molecule has 4 heteroatoms. The lowest BCUT2D eigenvalue weighted by Crippen LogP contribution is -2.49. The zero-order chi connectivity index (χ0) is 12.8. The van der Waals surface area contributed by atoms with Crippen LogP contribution in [0.1, 0.15) is 45.4 Å². The van der Waals surface area contributed by atoms with Crippen LogP contribution in [0.3, 0.4) is 0 Å². The molecular formula is C14H24N2O2. The van der Waals surface area contributed by atoms with Gasteiger partial charge in [0.05, 0.1) is 24.9 Å². The van der Waals surface area contributed by atoms with Crippen molar-refractivity contribution in [2.24, 2.45) is 0 Å². The predicted octanol–water partition coefficient (Wildman–Crippen LogP) is 2.00. The maximum atomic E-state index is 9.38. The van der Waals surface area contributed by atoms with Gasteiger partial charge in [-0.3, -0.25) is 5.32 Å². The van der Waals surface area contributed by atoms with E-state index in [1.165, 1.54) is 0 Å². The highest BCUT2D eigenvalue weighted by molar-refractivity contribution is 5.10. The normalized spacial score (nSPS) is 36.4. The smallest absolute Gasteiger partial charge is 0.109 e. The SMILES string of the molecule is CCNC1(C#N)CCCC(OCC2CCCO2)C1. The minimum absolute atomic E-state index is 0.210. The molecule has 2 rings (SSSR count). The average Bonchev–Trinajstić information content (AvgIpc) is 2.90. The van der Waals surface area contributed by atoms with Gasteiger partial charge in [-0.15, -0.1) is 0 Å². The quantitative estimate of drug-likeness (QED) is 0.813. The lowest BCUT2D eigenvalue weighted by atomic mass is 9.81. The van der Waals surface area contributed by atoms with Gasteiger partial charge >= 0.3 is 0 Å². The Bertz CT molecular complexity index is 293. The van der Waals surface area contributed by atoms with Crippen molar-refractivity contribution in [1.82, 2.24) is 5.32 Å². The third kappa shape index (κ3) is 3.44. The molecule has 1 saturated carbocycles. The van der Waals surface area contributed by atoms with Gasteiger partial charge in [-0.1, -0.05) is 6.92 Å². The topological polar surface area (TPSA) is 54.3 Å². The molecule has 1 heterocycles. The Morgan fingerprint density at radius 3 is 3.00 bits per heavy atom. The molecule has 0 aromatic carbocycles. The second-order valence-corrected chi connectivity index (χ2v) is 5.41. The molecule has 0 aromatic rings. The third-order valence-corrected chi connectivity index (χ3v) is 3.98. The number of ether oxygens (including phenoxy) is 2. The standard InChI is InChI=1S/C14H24N2O2/c1-2-16-14(11-15)7-3-5-12(9-14)18-10-13-6-4-8-17-13/h12-13,16H,2-10H2,1H3. The Kier molecular flexibility index (Phi) is 4.99. The Labute approximate surface area is 110 Å². The van der Waals surface area contributed by atoms with Crippen LogP contribution in [-0.4, -0.2) is 37.5 Å². The molecule has 1 N–H and O–H groups in total. The van der Waals surface area contributed by atoms with Gasteiger partial charge in [0, 0.05) is 13.0 Å². The van der Waals surface area contributed by atoms with Gasteiger partial charge in [0.1, 0.15) is 5.54 Å². The van der Waals surface area contributed by atoms with Crippen LogP contribution in [0.15, 0.2) is 0 Å². The highest BCUT2D eigenvalue weighted by Crippen LogP contribution is 2.30. The van der Waals surface area contributed by atoms with Gasteiger partial charge < -0.3 is 9.47 Å². The molecule has 3 atom stereocenters. The molecule has 0 bridgehead atoms. The van der Waals surface area contributed by atoms with Crippen molar-refractivity contribution < 1.29 is 9.47 Å². The summed E-state index contributed by atoms with van der Waals surface area (Å²) in [6.45, 7) is 4.46. The largest absolute Gasteiger partial charge is 0.376 e. The summed E-state index contributed by atoms with van der Waals surface area (Å²) in [4.78, 5) is 0. The summed E-state index contributed by atoms with van der Waals surface area (Å²) < 4.78 is 11.5. The van der Waals surface area contributed by atoms with E-state index in [2.05, 4.69) is 18.3 Å². The van der Waals surface area contributed by atoms with E-state index in [4.69, 9.17) is 9.47 Å². The molecular weight excluding hydrogens is 228 g/mol. The third-order valence-electron chi connectivity index (χ3n) is 3.98. The molecule has 1 aliphatic carbocycles. The van der Waals surface area contributed by atoms with Gasteiger partial charge in [-0.25, -0.2) is 0 Å². The van der Waals surface area contributed by atoms with Crippen LogP contribution in [0.25, 0.3) is 0 Å². The van der Waals surface area contributed by atoms with Gasteiger partial charge in [-0.05, 0) is 38.6 Å². The van der Waals surface area contributed by atoms with Crippen molar-refractivity contribution in [2.75, 3.05) is 19.8 Å². The highest BCUT2D eigenvalue weighted by Gasteiger charge is 2.36. The highest BCUT2D eigenvalue weighted by atomic mass is 16.5. The number of nitriles is 1. The minimum Gasteiger partial charge on any atom is -0.376 e. The van der Waals surface area contributed by atoms with Crippen molar-refractivity contribution in [1.29, 1.82) is 5.26 Å². The number of hydrogen-bond acceptors (Lipinski definition) is 4. The summed E-state index contributed by atoms with van der Waals surface area (Å²) in [6.07, 6.45) is 6.64. The molecule has 1 aliphatic heterocycles. The van der Waals surface area contributed by atoms with E-state index in [0.29, 0.717) is 6.61 Å². The van der Waals surface area contributed by atoms with Gasteiger partial charge in [0.2, 0.25) is 0 Å². The summed E-state index contributed by atoms with van der Waals surface area (Å²) in [5.74, 6) is 0. The summed E-state index contributed by atoms with van der Waals surface area (Å²) in [6, 6.07) is 2.45. The number of nitrogens with one attached hydrogen (secondary N) is 1. The molecule has 3 unspecified atom stereocenters. The summed E-state index contributed by atoms with van der Waals surface area (Å²) >= 11 is 0. The molecule has 0 radical (unpaired) electrons. The first-order valence-electron chi connectivity index (χ1n) is 7.17. The lowest BCUT2D eigenvalue weighted by Gasteiger charge is -2.36. The Balaban J connectivity index is 1.80. The van der Waals surface area contributed by atoms with Crippen molar-refractivity contribution >= 4 is 0 Å². The van der Waals surface area contributed by atoms with E-state index in [1.807, 2.05) is 0 Å². The molecule has 2 aliphatic rings. The van der Waals surface area contributed by atoms with Crippen LogP contribution in [0, 0.1) is 11.3 Å². The number of rotatable bonds is 5. The Morgan fingerprint density at radius 1 is 1.44 bits per heavy atom. The number of nitrogens with zero attached hydrogens (tertiary/aromatic N) is 1. The molecule has 0 aromatic heterocycles. The van der Waals surface area contributed by atoms with E-state index in [-0.39, 0.29) is 17.7 Å². The van der Waals surface area contributed by atoms with E-state index < -0.39 is 0 Å². The molecule has 0 spiro atoms. The Morgan fingerprint density at radius 2 is 2.33 bits per heavy atom. The van der Waals surface area contributed by atoms with E-state index in [0.717, 1.165) is 51.7 Å². The first kappa shape index (κ1) is 13.8. The van der Waals surface area contributed by atoms with Crippen LogP contribution in [0.2, 0.25) is 0 Å². The van der Waals surface area contributed by atoms with Crippen molar-refractivity contribution in [2.45, 2.75) is 63.2 Å². The molecule has 18 heavy (non-hydrogen) atoms. The number of hydrogen-bond donors (Lipinski definition) is 1. The van der Waals surface area contributed by atoms with Crippen LogP contribution in [0.4, 0.5) is 0 Å². The van der Waals surface area contributed by atoms with Crippen molar-refractivity contribution in [3.8, 4) is 6.07 Å². The van der Waals surface area contributed by atoms with Crippen LogP contribution in [0.5, 0.6) is 0 Å². The van der Waals surface area contributed by atoms with Crippen molar-refractivity contribution in [3.63, 3.8) is 0 Å². The van der Waals surface area contributed by atoms with Gasteiger partial charge in [-0.2, -0.15) is 5.26 Å². The lowest BCUT2D eigenvalue weighted by molar-refractivity contribution is -0.0419. The predicted molar refractivity (Wildman–Crippen MR) is 69.2 cm³/mol.